The Balaban J connectivity index is 1.69. The fourth-order valence-corrected chi connectivity index (χ4v) is 4.04. The molecule has 144 valence electrons. The number of benzene rings is 1. The number of aliphatic imine (C=N–C) groups is 1. The molecule has 0 saturated carbocycles. The van der Waals surface area contributed by atoms with Crippen molar-refractivity contribution in [3.8, 4) is 0 Å². The molecule has 1 N–H and O–H groups in total. The normalized spacial score (nSPS) is 23.7. The number of hydrogen-bond acceptors (Lipinski definition) is 3. The molecule has 2 heterocycles. The van der Waals surface area contributed by atoms with Gasteiger partial charge < -0.3 is 15.0 Å². The summed E-state index contributed by atoms with van der Waals surface area (Å²) in [4.78, 5) is 9.51. The molecule has 0 aliphatic carbocycles. The summed E-state index contributed by atoms with van der Waals surface area (Å²) >= 11 is 0. The summed E-state index contributed by atoms with van der Waals surface area (Å²) in [7, 11) is 1.90. The zero-order valence-electron chi connectivity index (χ0n) is 16.6. The lowest BCUT2D eigenvalue weighted by Gasteiger charge is -2.37. The third-order valence-electron chi connectivity index (χ3n) is 5.57. The summed E-state index contributed by atoms with van der Waals surface area (Å²) in [5, 5.41) is 3.66. The summed E-state index contributed by atoms with van der Waals surface area (Å²) < 4.78 is 5.56. The fraction of sp³-hybridized carbons (Fsp3) is 0.667. The van der Waals surface area contributed by atoms with Gasteiger partial charge in [0.25, 0.3) is 0 Å². The second-order valence-corrected chi connectivity index (χ2v) is 7.70. The number of nitrogens with zero attached hydrogens (tertiary/aromatic N) is 3. The Morgan fingerprint density at radius 3 is 2.62 bits per heavy atom. The number of rotatable bonds is 4. The molecule has 2 unspecified atom stereocenters. The van der Waals surface area contributed by atoms with Gasteiger partial charge in [0.05, 0.1) is 19.3 Å². The zero-order chi connectivity index (χ0) is 18.4. The molecule has 2 fully saturated rings. The monoisotopic (exact) mass is 358 g/mol. The largest absolute Gasteiger partial charge is 0.379 e. The van der Waals surface area contributed by atoms with E-state index in [1.54, 1.807) is 0 Å². The molecule has 0 radical (unpaired) electrons. The second-order valence-electron chi connectivity index (χ2n) is 7.70. The highest BCUT2D eigenvalue weighted by atomic mass is 16.5. The number of aryl methyl sites for hydroxylation is 1. The topological polar surface area (TPSA) is 40.1 Å². The van der Waals surface area contributed by atoms with Gasteiger partial charge in [0.2, 0.25) is 0 Å². The third kappa shape index (κ3) is 4.98. The molecule has 1 aromatic rings. The first-order valence-electron chi connectivity index (χ1n) is 10.0. The van der Waals surface area contributed by atoms with Crippen LogP contribution in [0.2, 0.25) is 0 Å². The van der Waals surface area contributed by atoms with Crippen molar-refractivity contribution in [1.82, 2.24) is 15.1 Å². The van der Waals surface area contributed by atoms with Crippen LogP contribution < -0.4 is 5.32 Å². The van der Waals surface area contributed by atoms with Gasteiger partial charge in [-0.2, -0.15) is 0 Å². The highest BCUT2D eigenvalue weighted by Crippen LogP contribution is 2.22. The first kappa shape index (κ1) is 19.2. The van der Waals surface area contributed by atoms with Crippen LogP contribution in [0.5, 0.6) is 0 Å². The molecule has 5 nitrogen and oxygen atoms in total. The van der Waals surface area contributed by atoms with Crippen LogP contribution in [0.25, 0.3) is 0 Å². The molecule has 3 rings (SSSR count). The van der Waals surface area contributed by atoms with E-state index in [0.29, 0.717) is 6.04 Å². The molecule has 0 bridgehead atoms. The van der Waals surface area contributed by atoms with Crippen molar-refractivity contribution in [3.63, 3.8) is 0 Å². The summed E-state index contributed by atoms with van der Waals surface area (Å²) in [5.41, 5.74) is 2.67. The van der Waals surface area contributed by atoms with Crippen LogP contribution in [-0.4, -0.2) is 68.7 Å². The standard InChI is InChI=1S/C21H34N4O/c1-17-6-8-19(9-7-17)20(24-11-13-26-14-12-24)15-23-21(22-3)25-10-4-5-18(2)16-25/h6-9,18,20H,4-5,10-16H2,1-3H3,(H,22,23). The molecule has 2 aliphatic heterocycles. The average Bonchev–Trinajstić information content (AvgIpc) is 2.67. The van der Waals surface area contributed by atoms with Crippen molar-refractivity contribution in [2.75, 3.05) is 53.0 Å². The first-order chi connectivity index (χ1) is 12.7. The molecule has 2 saturated heterocycles. The van der Waals surface area contributed by atoms with E-state index in [1.165, 1.54) is 24.0 Å². The number of hydrogen-bond donors (Lipinski definition) is 1. The number of likely N-dealkylation sites (tertiary alicyclic amines) is 1. The van der Waals surface area contributed by atoms with Gasteiger partial charge in [-0.25, -0.2) is 0 Å². The van der Waals surface area contributed by atoms with Crippen LogP contribution in [0.4, 0.5) is 0 Å². The minimum Gasteiger partial charge on any atom is -0.379 e. The van der Waals surface area contributed by atoms with Gasteiger partial charge in [0.15, 0.2) is 5.96 Å². The Labute approximate surface area is 158 Å². The van der Waals surface area contributed by atoms with Crippen LogP contribution in [0.3, 0.4) is 0 Å². The van der Waals surface area contributed by atoms with Crippen molar-refractivity contribution in [2.45, 2.75) is 32.7 Å². The average molecular weight is 359 g/mol. The smallest absolute Gasteiger partial charge is 0.193 e. The van der Waals surface area contributed by atoms with E-state index in [2.05, 4.69) is 58.2 Å². The predicted octanol–water partition coefficient (Wildman–Crippen LogP) is 2.68. The molecule has 26 heavy (non-hydrogen) atoms. The summed E-state index contributed by atoms with van der Waals surface area (Å²) in [6.45, 7) is 11.2. The van der Waals surface area contributed by atoms with E-state index in [0.717, 1.165) is 57.8 Å². The SMILES string of the molecule is CN=C(NCC(c1ccc(C)cc1)N1CCOCC1)N1CCCC(C)C1. The molecule has 0 aromatic heterocycles. The molecule has 5 heteroatoms. The molecule has 2 atom stereocenters. The van der Waals surface area contributed by atoms with Crippen LogP contribution in [-0.2, 0) is 4.74 Å². The van der Waals surface area contributed by atoms with Gasteiger partial charge in [-0.1, -0.05) is 36.8 Å². The molecule has 1 aromatic carbocycles. The van der Waals surface area contributed by atoms with E-state index in [9.17, 15) is 0 Å². The second kappa shape index (κ2) is 9.38. The number of ether oxygens (including phenoxy) is 1. The Hall–Kier alpha value is -1.59. The van der Waals surface area contributed by atoms with E-state index in [4.69, 9.17) is 4.74 Å². The minimum atomic E-state index is 0.346. The van der Waals surface area contributed by atoms with Crippen LogP contribution in [0.15, 0.2) is 29.3 Å². The van der Waals surface area contributed by atoms with Gasteiger partial charge in [0, 0.05) is 39.8 Å². The Bertz CT molecular complexity index is 580. The molecular weight excluding hydrogens is 324 g/mol. The van der Waals surface area contributed by atoms with Crippen LogP contribution >= 0.6 is 0 Å². The molecule has 2 aliphatic rings. The first-order valence-corrected chi connectivity index (χ1v) is 10.0. The van der Waals surface area contributed by atoms with Crippen molar-refractivity contribution in [3.05, 3.63) is 35.4 Å². The molecule has 0 spiro atoms. The van der Waals surface area contributed by atoms with Gasteiger partial charge in [-0.3, -0.25) is 9.89 Å². The summed E-state index contributed by atoms with van der Waals surface area (Å²) in [5.74, 6) is 1.79. The van der Waals surface area contributed by atoms with E-state index < -0.39 is 0 Å². The lowest BCUT2D eigenvalue weighted by molar-refractivity contribution is 0.0168. The van der Waals surface area contributed by atoms with E-state index in [1.807, 2.05) is 7.05 Å². The van der Waals surface area contributed by atoms with Crippen molar-refractivity contribution < 1.29 is 4.74 Å². The van der Waals surface area contributed by atoms with E-state index in [-0.39, 0.29) is 0 Å². The predicted molar refractivity (Wildman–Crippen MR) is 108 cm³/mol. The maximum Gasteiger partial charge on any atom is 0.193 e. The maximum atomic E-state index is 5.56. The number of nitrogens with one attached hydrogen (secondary N) is 1. The number of morpholine rings is 1. The summed E-state index contributed by atoms with van der Waals surface area (Å²) in [6, 6.07) is 9.30. The van der Waals surface area contributed by atoms with Gasteiger partial charge in [0.1, 0.15) is 0 Å². The lowest BCUT2D eigenvalue weighted by atomic mass is 10.0. The van der Waals surface area contributed by atoms with Crippen LogP contribution in [0, 0.1) is 12.8 Å². The highest BCUT2D eigenvalue weighted by molar-refractivity contribution is 5.80. The molecular formula is C21H34N4O. The quantitative estimate of drug-likeness (QED) is 0.664. The van der Waals surface area contributed by atoms with Gasteiger partial charge >= 0.3 is 0 Å². The Morgan fingerprint density at radius 2 is 1.96 bits per heavy atom. The van der Waals surface area contributed by atoms with Crippen molar-refractivity contribution >= 4 is 5.96 Å². The van der Waals surface area contributed by atoms with Crippen molar-refractivity contribution in [2.24, 2.45) is 10.9 Å². The Kier molecular flexibility index (Phi) is 6.92. The minimum absolute atomic E-state index is 0.346. The zero-order valence-corrected chi connectivity index (χ0v) is 16.6. The van der Waals surface area contributed by atoms with Gasteiger partial charge in [-0.15, -0.1) is 0 Å². The molecule has 0 amide bonds. The summed E-state index contributed by atoms with van der Waals surface area (Å²) in [6.07, 6.45) is 2.58. The van der Waals surface area contributed by atoms with Crippen molar-refractivity contribution in [1.29, 1.82) is 0 Å². The lowest BCUT2D eigenvalue weighted by Crippen LogP contribution is -2.49. The third-order valence-corrected chi connectivity index (χ3v) is 5.57. The number of guanidine groups is 1. The van der Waals surface area contributed by atoms with E-state index >= 15 is 0 Å². The van der Waals surface area contributed by atoms with Gasteiger partial charge in [-0.05, 0) is 31.2 Å². The Morgan fingerprint density at radius 1 is 1.23 bits per heavy atom. The fourth-order valence-electron chi connectivity index (χ4n) is 4.04. The maximum absolute atomic E-state index is 5.56. The number of piperidine rings is 1. The highest BCUT2D eigenvalue weighted by Gasteiger charge is 2.24. The van der Waals surface area contributed by atoms with Crippen LogP contribution in [0.1, 0.15) is 36.9 Å².